The molecule has 29 heavy (non-hydrogen) atoms. The number of aliphatic hydroxyl groups excluding tert-OH is 1. The van der Waals surface area contributed by atoms with Gasteiger partial charge in [-0.1, -0.05) is 0 Å². The smallest absolute Gasteiger partial charge is 0.183 e. The zero-order valence-corrected chi connectivity index (χ0v) is 16.1. The molecule has 0 radical (unpaired) electrons. The molecule has 148 valence electrons. The minimum absolute atomic E-state index is 0.00408. The number of anilines is 1. The van der Waals surface area contributed by atoms with E-state index in [4.69, 9.17) is 9.84 Å². The Morgan fingerprint density at radius 2 is 2.07 bits per heavy atom. The van der Waals surface area contributed by atoms with Crippen LogP contribution in [0.4, 0.5) is 15.2 Å². The largest absolute Gasteiger partial charge is 0.488 e. The zero-order chi connectivity index (χ0) is 20.2. The van der Waals surface area contributed by atoms with Gasteiger partial charge in [-0.3, -0.25) is 14.8 Å². The fourth-order valence-corrected chi connectivity index (χ4v) is 3.59. The molecular weight excluding hydrogens is 395 g/mol. The van der Waals surface area contributed by atoms with Gasteiger partial charge in [0.1, 0.15) is 35.2 Å². The molecule has 2 N–H and O–H groups in total. The summed E-state index contributed by atoms with van der Waals surface area (Å²) in [5, 5.41) is 14.4. The standard InChI is InChI=1S/C20H17FN4O3S/c21-12-1-3-14(4-2-12)28-10-13-9-17(27)15-5-6-22-19(18(15)24-13)16-11-29-20(25-16)23-7-8-26/h1-6,11,26H,7-10H2,(H,23,25). The van der Waals surface area contributed by atoms with Gasteiger partial charge in [-0.15, -0.1) is 11.3 Å². The minimum Gasteiger partial charge on any atom is -0.488 e. The van der Waals surface area contributed by atoms with Gasteiger partial charge in [0.15, 0.2) is 10.9 Å². The van der Waals surface area contributed by atoms with Crippen molar-refractivity contribution in [2.75, 3.05) is 25.1 Å². The van der Waals surface area contributed by atoms with Crippen LogP contribution in [-0.2, 0) is 0 Å². The van der Waals surface area contributed by atoms with Crippen molar-refractivity contribution >= 4 is 33.7 Å². The van der Waals surface area contributed by atoms with Crippen LogP contribution in [0.15, 0.2) is 46.9 Å². The highest BCUT2D eigenvalue weighted by atomic mass is 32.1. The summed E-state index contributed by atoms with van der Waals surface area (Å²) < 4.78 is 18.7. The zero-order valence-electron chi connectivity index (χ0n) is 15.3. The van der Waals surface area contributed by atoms with Crippen LogP contribution in [-0.4, -0.2) is 46.3 Å². The SMILES string of the molecule is O=C1CC(COc2ccc(F)cc2)=Nc2c1ccnc2-c1csc(NCCO)n1. The average molecular weight is 412 g/mol. The second-order valence-corrected chi connectivity index (χ2v) is 7.12. The van der Waals surface area contributed by atoms with E-state index in [1.165, 1.54) is 35.6 Å². The molecule has 1 aromatic carbocycles. The van der Waals surface area contributed by atoms with Gasteiger partial charge in [0.2, 0.25) is 0 Å². The first-order valence-corrected chi connectivity index (χ1v) is 9.79. The van der Waals surface area contributed by atoms with Gasteiger partial charge in [-0.25, -0.2) is 9.37 Å². The molecule has 7 nitrogen and oxygen atoms in total. The fraction of sp³-hybridized carbons (Fsp3) is 0.200. The lowest BCUT2D eigenvalue weighted by molar-refractivity contribution is 0.0998. The summed E-state index contributed by atoms with van der Waals surface area (Å²) >= 11 is 1.38. The predicted molar refractivity (Wildman–Crippen MR) is 109 cm³/mol. The molecule has 0 atom stereocenters. The van der Waals surface area contributed by atoms with Crippen LogP contribution in [0.1, 0.15) is 16.8 Å². The van der Waals surface area contributed by atoms with Crippen molar-refractivity contribution in [1.82, 2.24) is 9.97 Å². The summed E-state index contributed by atoms with van der Waals surface area (Å²) in [5.74, 6) is 0.0892. The second kappa shape index (κ2) is 8.46. The number of thiazole rings is 1. The number of aliphatic imine (C=N–C) groups is 1. The van der Waals surface area contributed by atoms with E-state index < -0.39 is 0 Å². The lowest BCUT2D eigenvalue weighted by Crippen LogP contribution is -2.20. The number of hydrogen-bond acceptors (Lipinski definition) is 8. The maximum Gasteiger partial charge on any atom is 0.183 e. The van der Waals surface area contributed by atoms with E-state index in [1.54, 1.807) is 12.3 Å². The number of fused-ring (bicyclic) bond motifs is 1. The highest BCUT2D eigenvalue weighted by molar-refractivity contribution is 7.14. The van der Waals surface area contributed by atoms with E-state index in [0.29, 0.717) is 45.8 Å². The quantitative estimate of drug-likeness (QED) is 0.617. The van der Waals surface area contributed by atoms with Gasteiger partial charge in [-0.05, 0) is 30.3 Å². The summed E-state index contributed by atoms with van der Waals surface area (Å²) in [6, 6.07) is 7.32. The molecule has 0 saturated heterocycles. The van der Waals surface area contributed by atoms with E-state index in [0.717, 1.165) is 0 Å². The molecule has 3 heterocycles. The number of ketones is 1. The maximum atomic E-state index is 13.0. The summed E-state index contributed by atoms with van der Waals surface area (Å²) in [5.41, 5.74) is 2.65. The van der Waals surface area contributed by atoms with Crippen molar-refractivity contribution in [3.8, 4) is 17.1 Å². The Bertz CT molecular complexity index is 1070. The lowest BCUT2D eigenvalue weighted by Gasteiger charge is -2.16. The van der Waals surface area contributed by atoms with Crippen molar-refractivity contribution < 1.29 is 19.0 Å². The van der Waals surface area contributed by atoms with Gasteiger partial charge >= 0.3 is 0 Å². The van der Waals surface area contributed by atoms with E-state index in [1.807, 2.05) is 5.38 Å². The van der Waals surface area contributed by atoms with Crippen molar-refractivity contribution in [3.05, 3.63) is 53.3 Å². The molecule has 0 spiro atoms. The highest BCUT2D eigenvalue weighted by Crippen LogP contribution is 2.36. The number of carbonyl (C=O) groups excluding carboxylic acids is 1. The Morgan fingerprint density at radius 1 is 1.24 bits per heavy atom. The molecule has 1 aliphatic rings. The number of nitrogens with one attached hydrogen (secondary N) is 1. The molecule has 0 unspecified atom stereocenters. The number of halogens is 1. The van der Waals surface area contributed by atoms with Crippen LogP contribution < -0.4 is 10.1 Å². The molecule has 3 aromatic rings. The highest BCUT2D eigenvalue weighted by Gasteiger charge is 2.24. The number of nitrogens with zero attached hydrogens (tertiary/aromatic N) is 3. The Kier molecular flexibility index (Phi) is 5.59. The number of carbonyl (C=O) groups is 1. The number of benzene rings is 1. The van der Waals surface area contributed by atoms with Crippen LogP contribution >= 0.6 is 11.3 Å². The Hall–Kier alpha value is -3.17. The molecule has 2 aromatic heterocycles. The first kappa shape index (κ1) is 19.2. The van der Waals surface area contributed by atoms with Crippen molar-refractivity contribution in [2.45, 2.75) is 6.42 Å². The van der Waals surface area contributed by atoms with Gasteiger partial charge < -0.3 is 15.2 Å². The Morgan fingerprint density at radius 3 is 2.86 bits per heavy atom. The lowest BCUT2D eigenvalue weighted by atomic mass is 9.99. The Balaban J connectivity index is 1.60. The van der Waals surface area contributed by atoms with Crippen LogP contribution in [0.3, 0.4) is 0 Å². The molecule has 0 amide bonds. The monoisotopic (exact) mass is 412 g/mol. The molecule has 4 rings (SSSR count). The molecule has 1 aliphatic heterocycles. The van der Waals surface area contributed by atoms with Crippen LogP contribution in [0, 0.1) is 5.82 Å². The summed E-state index contributed by atoms with van der Waals surface area (Å²) in [7, 11) is 0. The number of pyridine rings is 1. The first-order valence-electron chi connectivity index (χ1n) is 8.91. The molecule has 0 saturated carbocycles. The van der Waals surface area contributed by atoms with E-state index in [-0.39, 0.29) is 31.2 Å². The average Bonchev–Trinajstić information content (AvgIpc) is 3.20. The predicted octanol–water partition coefficient (Wildman–Crippen LogP) is 3.49. The molecule has 0 aliphatic carbocycles. The molecule has 0 bridgehead atoms. The number of aromatic nitrogens is 2. The van der Waals surface area contributed by atoms with Crippen molar-refractivity contribution in [3.63, 3.8) is 0 Å². The molecule has 0 fully saturated rings. The number of hydrogen-bond donors (Lipinski definition) is 2. The third kappa shape index (κ3) is 4.30. The molecule has 9 heteroatoms. The minimum atomic E-state index is -0.344. The number of rotatable bonds is 7. The fourth-order valence-electron chi connectivity index (χ4n) is 2.87. The normalized spacial score (nSPS) is 13.0. The van der Waals surface area contributed by atoms with E-state index >= 15 is 0 Å². The second-order valence-electron chi connectivity index (χ2n) is 6.26. The Labute approximate surface area is 169 Å². The maximum absolute atomic E-state index is 13.0. The first-order chi connectivity index (χ1) is 14.1. The van der Waals surface area contributed by atoms with Crippen LogP contribution in [0.5, 0.6) is 5.75 Å². The number of Topliss-reactive ketones (excluding diaryl/α,β-unsaturated/α-hetero) is 1. The molecular formula is C20H17FN4O3S. The third-order valence-electron chi connectivity index (χ3n) is 4.21. The van der Waals surface area contributed by atoms with Gasteiger partial charge in [0.25, 0.3) is 0 Å². The van der Waals surface area contributed by atoms with Gasteiger partial charge in [-0.2, -0.15) is 0 Å². The van der Waals surface area contributed by atoms with Gasteiger partial charge in [0.05, 0.1) is 18.7 Å². The van der Waals surface area contributed by atoms with Crippen LogP contribution in [0.2, 0.25) is 0 Å². The third-order valence-corrected chi connectivity index (χ3v) is 5.01. The van der Waals surface area contributed by atoms with E-state index in [9.17, 15) is 9.18 Å². The summed E-state index contributed by atoms with van der Waals surface area (Å²) in [6.07, 6.45) is 1.72. The van der Waals surface area contributed by atoms with Gasteiger partial charge in [0, 0.05) is 23.7 Å². The number of aliphatic hydroxyl groups is 1. The topological polar surface area (TPSA) is 96.7 Å². The summed E-state index contributed by atoms with van der Waals surface area (Å²) in [4.78, 5) is 26.1. The van der Waals surface area contributed by atoms with E-state index in [2.05, 4.69) is 20.3 Å². The summed E-state index contributed by atoms with van der Waals surface area (Å²) in [6.45, 7) is 0.518. The van der Waals surface area contributed by atoms with Crippen LogP contribution in [0.25, 0.3) is 11.4 Å². The number of ether oxygens (including phenoxy) is 1. The van der Waals surface area contributed by atoms with Crippen molar-refractivity contribution in [2.24, 2.45) is 4.99 Å². The van der Waals surface area contributed by atoms with Crippen molar-refractivity contribution in [1.29, 1.82) is 0 Å².